The molecule has 0 heterocycles. The number of carbonyl (C=O) groups is 1. The molecule has 152 valence electrons. The quantitative estimate of drug-likeness (QED) is 0.259. The Morgan fingerprint density at radius 1 is 0.680 bits per heavy atom. The normalized spacial score (nSPS) is 11.0. The van der Waals surface area contributed by atoms with Gasteiger partial charge in [-0.25, -0.2) is 0 Å². The van der Waals surface area contributed by atoms with Crippen LogP contribution in [0.15, 0.2) is 0 Å². The third-order valence-electron chi connectivity index (χ3n) is 3.99. The molecule has 0 spiro atoms. The molecule has 0 fully saturated rings. The highest BCUT2D eigenvalue weighted by atomic mass is 32.2. The van der Waals surface area contributed by atoms with Crippen LogP contribution in [-0.4, -0.2) is 30.3 Å². The van der Waals surface area contributed by atoms with Crippen LogP contribution in [0.1, 0.15) is 110 Å². The van der Waals surface area contributed by atoms with Crippen molar-refractivity contribution in [2.45, 2.75) is 110 Å². The van der Waals surface area contributed by atoms with Crippen LogP contribution in [0.25, 0.3) is 0 Å². The number of aliphatic carboxylic acids is 1. The molecule has 0 aromatic heterocycles. The maximum atomic E-state index is 10.3. The Labute approximate surface area is 155 Å². The molecule has 0 rings (SSSR count). The van der Waals surface area contributed by atoms with Gasteiger partial charge in [-0.15, -0.1) is 0 Å². The van der Waals surface area contributed by atoms with Gasteiger partial charge < -0.3 is 5.11 Å². The molecule has 0 aliphatic heterocycles. The van der Waals surface area contributed by atoms with E-state index in [-0.39, 0.29) is 0 Å². The predicted molar refractivity (Wildman–Crippen MR) is 105 cm³/mol. The highest BCUT2D eigenvalue weighted by Crippen LogP contribution is 2.13. The minimum atomic E-state index is -3.67. The summed E-state index contributed by atoms with van der Waals surface area (Å²) in [5.41, 5.74) is 0. The lowest BCUT2D eigenvalue weighted by Crippen LogP contribution is -1.93. The minimum absolute atomic E-state index is 0.345. The molecule has 2 N–H and O–H groups in total. The Bertz CT molecular complexity index is 371. The number of unbranched alkanes of at least 4 members (excludes halogenated alkanes) is 14. The summed E-state index contributed by atoms with van der Waals surface area (Å²) in [4.78, 5) is 10.3. The second-order valence-corrected chi connectivity index (χ2v) is 8.29. The van der Waals surface area contributed by atoms with Gasteiger partial charge in [0.25, 0.3) is 10.1 Å². The second kappa shape index (κ2) is 19.7. The van der Waals surface area contributed by atoms with Crippen molar-refractivity contribution in [2.24, 2.45) is 0 Å². The van der Waals surface area contributed by atoms with E-state index >= 15 is 0 Å². The van der Waals surface area contributed by atoms with Gasteiger partial charge in [0.05, 0.1) is 6.26 Å². The molecule has 6 heteroatoms. The van der Waals surface area contributed by atoms with Gasteiger partial charge in [0.2, 0.25) is 0 Å². The molecule has 0 atom stereocenters. The summed E-state index contributed by atoms with van der Waals surface area (Å²) >= 11 is 0. The van der Waals surface area contributed by atoms with Crippen molar-refractivity contribution in [3.63, 3.8) is 0 Å². The third kappa shape index (κ3) is 39.8. The van der Waals surface area contributed by atoms with Crippen LogP contribution in [0.3, 0.4) is 0 Å². The van der Waals surface area contributed by atoms with Crippen LogP contribution < -0.4 is 0 Å². The topological polar surface area (TPSA) is 91.7 Å². The van der Waals surface area contributed by atoms with Gasteiger partial charge in [0.1, 0.15) is 0 Å². The highest BCUT2D eigenvalue weighted by molar-refractivity contribution is 7.85. The van der Waals surface area contributed by atoms with Crippen LogP contribution in [0, 0.1) is 0 Å². The third-order valence-corrected chi connectivity index (χ3v) is 3.99. The summed E-state index contributed by atoms with van der Waals surface area (Å²) in [6.07, 6.45) is 20.9. The van der Waals surface area contributed by atoms with Crippen molar-refractivity contribution in [1.82, 2.24) is 0 Å². The average Bonchev–Trinajstić information content (AvgIpc) is 2.49. The molecule has 5 nitrogen and oxygen atoms in total. The summed E-state index contributed by atoms with van der Waals surface area (Å²) in [6.45, 7) is 2.27. The van der Waals surface area contributed by atoms with Crippen LogP contribution in [0.2, 0.25) is 0 Å². The lowest BCUT2D eigenvalue weighted by molar-refractivity contribution is -0.137. The molecule has 0 amide bonds. The lowest BCUT2D eigenvalue weighted by Gasteiger charge is -2.03. The van der Waals surface area contributed by atoms with Crippen LogP contribution in [-0.2, 0) is 14.9 Å². The molecule has 0 aromatic rings. The van der Waals surface area contributed by atoms with E-state index in [9.17, 15) is 13.2 Å². The fourth-order valence-electron chi connectivity index (χ4n) is 2.65. The van der Waals surface area contributed by atoms with E-state index in [1.165, 1.54) is 83.5 Å². The van der Waals surface area contributed by atoms with E-state index in [4.69, 9.17) is 9.66 Å². The van der Waals surface area contributed by atoms with Crippen LogP contribution in [0.4, 0.5) is 0 Å². The molecular weight excluding hydrogens is 340 g/mol. The second-order valence-electron chi connectivity index (χ2n) is 6.83. The number of hydrogen-bond donors (Lipinski definition) is 2. The van der Waals surface area contributed by atoms with Crippen molar-refractivity contribution >= 4 is 16.1 Å². The highest BCUT2D eigenvalue weighted by Gasteiger charge is 1.97. The van der Waals surface area contributed by atoms with Gasteiger partial charge in [-0.2, -0.15) is 8.42 Å². The summed E-state index contributed by atoms with van der Waals surface area (Å²) in [5, 5.41) is 8.52. The first kappa shape index (κ1) is 26.6. The predicted octanol–water partition coefficient (Wildman–Crippen LogP) is 5.84. The van der Waals surface area contributed by atoms with Crippen LogP contribution >= 0.6 is 0 Å². The van der Waals surface area contributed by atoms with E-state index in [1.54, 1.807) is 0 Å². The zero-order chi connectivity index (χ0) is 19.4. The molecule has 0 bridgehead atoms. The fourth-order valence-corrected chi connectivity index (χ4v) is 2.65. The number of carboxylic acid groups (broad SMARTS) is 1. The van der Waals surface area contributed by atoms with E-state index in [1.807, 2.05) is 0 Å². The first-order chi connectivity index (χ1) is 11.8. The largest absolute Gasteiger partial charge is 0.481 e. The number of rotatable bonds is 16. The molecule has 0 aromatic carbocycles. The van der Waals surface area contributed by atoms with E-state index in [0.29, 0.717) is 12.7 Å². The van der Waals surface area contributed by atoms with E-state index < -0.39 is 16.1 Å². The molecule has 0 unspecified atom stereocenters. The standard InChI is InChI=1S/C18H36O2.CH4O3S/c1-2-3-4-5-6-7-8-9-10-11-12-13-14-15-16-17-18(19)20;1-5(2,3)4/h2-17H2,1H3,(H,19,20);1H3,(H,2,3,4). The Kier molecular flexibility index (Phi) is 21.0. The molecule has 0 aliphatic carbocycles. The first-order valence-electron chi connectivity index (χ1n) is 9.91. The van der Waals surface area contributed by atoms with Crippen molar-refractivity contribution in [3.05, 3.63) is 0 Å². The van der Waals surface area contributed by atoms with E-state index in [2.05, 4.69) is 6.92 Å². The SMILES string of the molecule is CCCCCCCCCCCCCCCCCC(=O)O.CS(=O)(=O)O. The zero-order valence-corrected chi connectivity index (χ0v) is 17.2. The minimum Gasteiger partial charge on any atom is -0.481 e. The summed E-state index contributed by atoms with van der Waals surface area (Å²) in [7, 11) is -3.67. The van der Waals surface area contributed by atoms with Gasteiger partial charge in [-0.05, 0) is 6.42 Å². The van der Waals surface area contributed by atoms with Crippen molar-refractivity contribution < 1.29 is 22.9 Å². The van der Waals surface area contributed by atoms with Gasteiger partial charge in [-0.3, -0.25) is 9.35 Å². The molecular formula is C19H40O5S. The van der Waals surface area contributed by atoms with Crippen molar-refractivity contribution in [3.8, 4) is 0 Å². The molecule has 0 radical (unpaired) electrons. The summed E-state index contributed by atoms with van der Waals surface area (Å²) in [6, 6.07) is 0. The van der Waals surface area contributed by atoms with Gasteiger partial charge in [0, 0.05) is 6.42 Å². The van der Waals surface area contributed by atoms with Crippen LogP contribution in [0.5, 0.6) is 0 Å². The maximum absolute atomic E-state index is 10.3. The molecule has 0 saturated heterocycles. The smallest absolute Gasteiger partial charge is 0.303 e. The average molecular weight is 381 g/mol. The first-order valence-corrected chi connectivity index (χ1v) is 11.8. The Morgan fingerprint density at radius 3 is 1.16 bits per heavy atom. The molecule has 0 aliphatic rings. The monoisotopic (exact) mass is 380 g/mol. The van der Waals surface area contributed by atoms with Crippen molar-refractivity contribution in [1.29, 1.82) is 0 Å². The Balaban J connectivity index is 0. The number of hydrogen-bond acceptors (Lipinski definition) is 3. The fraction of sp³-hybridized carbons (Fsp3) is 0.947. The van der Waals surface area contributed by atoms with Gasteiger partial charge >= 0.3 is 5.97 Å². The maximum Gasteiger partial charge on any atom is 0.303 e. The van der Waals surface area contributed by atoms with Gasteiger partial charge in [0.15, 0.2) is 0 Å². The lowest BCUT2D eigenvalue weighted by atomic mass is 10.0. The van der Waals surface area contributed by atoms with Gasteiger partial charge in [-0.1, -0.05) is 96.8 Å². The summed E-state index contributed by atoms with van der Waals surface area (Å²) in [5.74, 6) is -0.653. The number of carboxylic acids is 1. The summed E-state index contributed by atoms with van der Waals surface area (Å²) < 4.78 is 25.9. The van der Waals surface area contributed by atoms with E-state index in [0.717, 1.165) is 12.8 Å². The zero-order valence-electron chi connectivity index (χ0n) is 16.3. The molecule has 25 heavy (non-hydrogen) atoms. The Hall–Kier alpha value is -0.620. The Morgan fingerprint density at radius 2 is 0.920 bits per heavy atom. The molecule has 0 saturated carbocycles. The van der Waals surface area contributed by atoms with Crippen molar-refractivity contribution in [2.75, 3.05) is 6.26 Å².